The van der Waals surface area contributed by atoms with Crippen molar-refractivity contribution in [1.29, 1.82) is 5.26 Å². The number of benzene rings is 2. The molecule has 0 saturated carbocycles. The highest BCUT2D eigenvalue weighted by Gasteiger charge is 2.36. The van der Waals surface area contributed by atoms with Crippen LogP contribution in [-0.4, -0.2) is 17.9 Å². The Hall–Kier alpha value is -2.80. The first kappa shape index (κ1) is 14.2. The fraction of sp³-hybridized carbons (Fsp3) is 0.222. The van der Waals surface area contributed by atoms with E-state index in [1.807, 2.05) is 41.3 Å². The van der Waals surface area contributed by atoms with Gasteiger partial charge in [-0.05, 0) is 35.4 Å². The number of amides is 1. The van der Waals surface area contributed by atoms with E-state index in [1.54, 1.807) is 19.2 Å². The number of hydrogen-bond acceptors (Lipinski definition) is 3. The van der Waals surface area contributed by atoms with Crippen LogP contribution in [0.3, 0.4) is 0 Å². The SMILES string of the molecule is COc1ccc([C@@H]2CC(=O)N2Cc2ccc(C#N)cc2)cc1. The zero-order valence-electron chi connectivity index (χ0n) is 12.3. The number of nitriles is 1. The minimum Gasteiger partial charge on any atom is -0.497 e. The van der Waals surface area contributed by atoms with Gasteiger partial charge in [-0.1, -0.05) is 24.3 Å². The van der Waals surface area contributed by atoms with Gasteiger partial charge >= 0.3 is 0 Å². The van der Waals surface area contributed by atoms with E-state index in [9.17, 15) is 4.79 Å². The van der Waals surface area contributed by atoms with Crippen LogP contribution in [0.4, 0.5) is 0 Å². The molecule has 4 nitrogen and oxygen atoms in total. The van der Waals surface area contributed by atoms with Gasteiger partial charge in [0.1, 0.15) is 5.75 Å². The molecule has 1 atom stereocenters. The molecule has 2 aromatic carbocycles. The van der Waals surface area contributed by atoms with Gasteiger partial charge < -0.3 is 9.64 Å². The molecule has 1 fully saturated rings. The quantitative estimate of drug-likeness (QED) is 0.814. The minimum atomic E-state index is 0.119. The van der Waals surface area contributed by atoms with Crippen molar-refractivity contribution in [2.75, 3.05) is 7.11 Å². The van der Waals surface area contributed by atoms with E-state index < -0.39 is 0 Å². The van der Waals surface area contributed by atoms with Crippen LogP contribution in [0.25, 0.3) is 0 Å². The van der Waals surface area contributed by atoms with Crippen molar-refractivity contribution in [3.63, 3.8) is 0 Å². The third-order valence-corrected chi connectivity index (χ3v) is 4.00. The molecule has 1 amide bonds. The van der Waals surface area contributed by atoms with Gasteiger partial charge in [-0.2, -0.15) is 5.26 Å². The third kappa shape index (κ3) is 2.66. The molecular formula is C18H16N2O2. The van der Waals surface area contributed by atoms with E-state index in [2.05, 4.69) is 6.07 Å². The molecule has 2 aromatic rings. The van der Waals surface area contributed by atoms with Crippen LogP contribution in [0.1, 0.15) is 29.2 Å². The van der Waals surface area contributed by atoms with Crippen molar-refractivity contribution in [2.45, 2.75) is 19.0 Å². The lowest BCUT2D eigenvalue weighted by Crippen LogP contribution is -2.45. The zero-order chi connectivity index (χ0) is 15.5. The Morgan fingerprint density at radius 3 is 2.41 bits per heavy atom. The highest BCUT2D eigenvalue weighted by atomic mass is 16.5. The molecule has 0 bridgehead atoms. The summed E-state index contributed by atoms with van der Waals surface area (Å²) < 4.78 is 5.16. The molecule has 3 rings (SSSR count). The van der Waals surface area contributed by atoms with Crippen molar-refractivity contribution in [3.8, 4) is 11.8 Å². The summed E-state index contributed by atoms with van der Waals surface area (Å²) in [6.45, 7) is 0.571. The van der Waals surface area contributed by atoms with Crippen molar-refractivity contribution < 1.29 is 9.53 Å². The second kappa shape index (κ2) is 5.90. The first-order valence-corrected chi connectivity index (χ1v) is 7.13. The number of β-lactam (4-membered cyclic amide) rings is 1. The van der Waals surface area contributed by atoms with Crippen LogP contribution in [0.5, 0.6) is 5.75 Å². The lowest BCUT2D eigenvalue weighted by molar-refractivity contribution is -0.147. The van der Waals surface area contributed by atoms with Gasteiger partial charge in [0.15, 0.2) is 0 Å². The number of carbonyl (C=O) groups is 1. The number of rotatable bonds is 4. The first-order valence-electron chi connectivity index (χ1n) is 7.13. The van der Waals surface area contributed by atoms with Crippen LogP contribution in [0.2, 0.25) is 0 Å². The third-order valence-electron chi connectivity index (χ3n) is 4.00. The number of hydrogen-bond donors (Lipinski definition) is 0. The van der Waals surface area contributed by atoms with Gasteiger partial charge in [0.2, 0.25) is 5.91 Å². The number of methoxy groups -OCH3 is 1. The van der Waals surface area contributed by atoms with Gasteiger partial charge in [0, 0.05) is 6.54 Å². The van der Waals surface area contributed by atoms with Crippen LogP contribution < -0.4 is 4.74 Å². The molecule has 0 unspecified atom stereocenters. The summed E-state index contributed by atoms with van der Waals surface area (Å²) >= 11 is 0. The van der Waals surface area contributed by atoms with Gasteiger partial charge in [-0.25, -0.2) is 0 Å². The van der Waals surface area contributed by atoms with Gasteiger partial charge in [-0.15, -0.1) is 0 Å². The molecule has 0 N–H and O–H groups in total. The van der Waals surface area contributed by atoms with Crippen LogP contribution in [-0.2, 0) is 11.3 Å². The molecule has 1 saturated heterocycles. The average Bonchev–Trinajstić information content (AvgIpc) is 2.58. The normalized spacial score (nSPS) is 16.8. The highest BCUT2D eigenvalue weighted by molar-refractivity contribution is 5.83. The van der Waals surface area contributed by atoms with E-state index >= 15 is 0 Å². The maximum atomic E-state index is 11.9. The highest BCUT2D eigenvalue weighted by Crippen LogP contribution is 2.36. The summed E-state index contributed by atoms with van der Waals surface area (Å²) in [4.78, 5) is 13.8. The van der Waals surface area contributed by atoms with Crippen LogP contribution >= 0.6 is 0 Å². The average molecular weight is 292 g/mol. The zero-order valence-corrected chi connectivity index (χ0v) is 12.3. The van der Waals surface area contributed by atoms with E-state index in [4.69, 9.17) is 10.00 Å². The smallest absolute Gasteiger partial charge is 0.225 e. The van der Waals surface area contributed by atoms with E-state index in [-0.39, 0.29) is 11.9 Å². The molecule has 0 aromatic heterocycles. The van der Waals surface area contributed by atoms with E-state index in [0.717, 1.165) is 16.9 Å². The predicted molar refractivity (Wildman–Crippen MR) is 82.1 cm³/mol. The molecule has 1 aliphatic heterocycles. The molecular weight excluding hydrogens is 276 g/mol. The summed E-state index contributed by atoms with van der Waals surface area (Å²) in [6.07, 6.45) is 0.544. The Balaban J connectivity index is 1.73. The van der Waals surface area contributed by atoms with Crippen molar-refractivity contribution >= 4 is 5.91 Å². The van der Waals surface area contributed by atoms with Crippen LogP contribution in [0.15, 0.2) is 48.5 Å². The fourth-order valence-electron chi connectivity index (χ4n) is 2.66. The Labute approximate surface area is 129 Å². The summed E-state index contributed by atoms with van der Waals surface area (Å²) in [5, 5.41) is 8.82. The maximum absolute atomic E-state index is 11.9. The second-order valence-corrected chi connectivity index (χ2v) is 5.32. The molecule has 4 heteroatoms. The largest absolute Gasteiger partial charge is 0.497 e. The van der Waals surface area contributed by atoms with Crippen LogP contribution in [0, 0.1) is 11.3 Å². The predicted octanol–water partition coefficient (Wildman–Crippen LogP) is 3.04. The summed E-state index contributed by atoms with van der Waals surface area (Å²) in [6, 6.07) is 17.4. The molecule has 110 valence electrons. The lowest BCUT2D eigenvalue weighted by Gasteiger charge is -2.41. The van der Waals surface area contributed by atoms with Gasteiger partial charge in [0.25, 0.3) is 0 Å². The van der Waals surface area contributed by atoms with Crippen molar-refractivity contribution in [2.24, 2.45) is 0 Å². The Bertz CT molecular complexity index is 714. The van der Waals surface area contributed by atoms with E-state index in [1.165, 1.54) is 0 Å². The number of nitrogens with zero attached hydrogens (tertiary/aromatic N) is 2. The monoisotopic (exact) mass is 292 g/mol. The summed E-state index contributed by atoms with van der Waals surface area (Å²) in [5.74, 6) is 0.971. The molecule has 0 spiro atoms. The number of ether oxygens (including phenoxy) is 1. The topological polar surface area (TPSA) is 53.3 Å². The minimum absolute atomic E-state index is 0.119. The van der Waals surface area contributed by atoms with Crippen molar-refractivity contribution in [3.05, 3.63) is 65.2 Å². The van der Waals surface area contributed by atoms with Gasteiger partial charge in [0.05, 0.1) is 31.2 Å². The standard InChI is InChI=1S/C18H16N2O2/c1-22-16-8-6-15(7-9-16)17-10-18(21)20(17)12-14-4-2-13(11-19)3-5-14/h2-9,17H,10,12H2,1H3/t17-/m0/s1. The van der Waals surface area contributed by atoms with Gasteiger partial charge in [-0.3, -0.25) is 4.79 Å². The summed E-state index contributed by atoms with van der Waals surface area (Å²) in [7, 11) is 1.64. The lowest BCUT2D eigenvalue weighted by atomic mass is 9.93. The fourth-order valence-corrected chi connectivity index (χ4v) is 2.66. The molecule has 0 radical (unpaired) electrons. The first-order chi connectivity index (χ1) is 10.7. The Kier molecular flexibility index (Phi) is 3.80. The number of carbonyl (C=O) groups excluding carboxylic acids is 1. The molecule has 0 aliphatic carbocycles. The van der Waals surface area contributed by atoms with Crippen molar-refractivity contribution in [1.82, 2.24) is 4.90 Å². The molecule has 1 heterocycles. The second-order valence-electron chi connectivity index (χ2n) is 5.32. The molecule has 22 heavy (non-hydrogen) atoms. The molecule has 1 aliphatic rings. The van der Waals surface area contributed by atoms with E-state index in [0.29, 0.717) is 18.5 Å². The Morgan fingerprint density at radius 2 is 1.86 bits per heavy atom. The Morgan fingerprint density at radius 1 is 1.18 bits per heavy atom. The summed E-state index contributed by atoms with van der Waals surface area (Å²) in [5.41, 5.74) is 2.78. The maximum Gasteiger partial charge on any atom is 0.225 e. The number of likely N-dealkylation sites (tertiary alicyclic amines) is 1.